The van der Waals surface area contributed by atoms with Crippen LogP contribution in [0, 0.1) is 0 Å². The summed E-state index contributed by atoms with van der Waals surface area (Å²) in [5.74, 6) is 1.85. The molecule has 0 spiro atoms. The number of unbranched alkanes of at least 4 members (excludes halogenated alkanes) is 3. The quantitative estimate of drug-likeness (QED) is 0.382. The highest BCUT2D eigenvalue weighted by molar-refractivity contribution is 6.68. The summed E-state index contributed by atoms with van der Waals surface area (Å²) in [6, 6.07) is 22.2. The maximum atomic E-state index is 6.45. The van der Waals surface area contributed by atoms with Gasteiger partial charge in [0.05, 0.1) is 0 Å². The van der Waals surface area contributed by atoms with E-state index in [0.29, 0.717) is 0 Å². The van der Waals surface area contributed by atoms with Crippen molar-refractivity contribution in [3.8, 4) is 11.5 Å². The maximum Gasteiger partial charge on any atom is 0.460 e. The molecule has 0 amide bonds. The van der Waals surface area contributed by atoms with E-state index in [9.17, 15) is 0 Å². The number of hydrogen-bond acceptors (Lipinski definition) is 2. The molecule has 0 heterocycles. The normalized spacial score (nSPS) is 11.2. The average Bonchev–Trinajstić information content (AvgIpc) is 2.60. The van der Waals surface area contributed by atoms with Crippen molar-refractivity contribution in [3.05, 3.63) is 60.7 Å². The molecule has 0 saturated heterocycles. The van der Waals surface area contributed by atoms with Gasteiger partial charge < -0.3 is 8.85 Å². The van der Waals surface area contributed by atoms with E-state index in [-0.39, 0.29) is 0 Å². The third-order valence-electron chi connectivity index (χ3n) is 4.04. The molecule has 0 saturated carbocycles. The Morgan fingerprint density at radius 3 is 1.65 bits per heavy atom. The second-order valence-corrected chi connectivity index (χ2v) is 9.34. The molecule has 0 aromatic heterocycles. The number of benzene rings is 2. The Balaban J connectivity index is 2.13. The zero-order valence-corrected chi connectivity index (χ0v) is 15.3. The summed E-state index contributed by atoms with van der Waals surface area (Å²) < 4.78 is 12.9. The smallest absolute Gasteiger partial charge is 0.460 e. The van der Waals surface area contributed by atoms with Crippen LogP contribution in [0.2, 0.25) is 12.1 Å². The van der Waals surface area contributed by atoms with Crippen LogP contribution in [-0.2, 0) is 0 Å². The Hall–Kier alpha value is -1.74. The molecule has 0 aliphatic heterocycles. The van der Waals surface area contributed by atoms with Crippen LogP contribution in [-0.4, -0.2) is 8.56 Å². The van der Waals surface area contributed by atoms with Crippen molar-refractivity contribution in [3.63, 3.8) is 0 Å². The fourth-order valence-electron chi connectivity index (χ4n) is 2.67. The van der Waals surface area contributed by atoms with Gasteiger partial charge in [-0.05, 0) is 30.7 Å². The van der Waals surface area contributed by atoms with E-state index in [1.165, 1.54) is 25.7 Å². The summed E-state index contributed by atoms with van der Waals surface area (Å²) in [7, 11) is -2.30. The average molecular weight is 329 g/mol. The van der Waals surface area contributed by atoms with Crippen LogP contribution in [0.3, 0.4) is 0 Å². The lowest BCUT2D eigenvalue weighted by Crippen LogP contribution is -2.47. The lowest BCUT2D eigenvalue weighted by molar-refractivity contribution is 0.375. The van der Waals surface area contributed by atoms with Crippen molar-refractivity contribution in [2.45, 2.75) is 51.6 Å². The predicted molar refractivity (Wildman–Crippen MR) is 99.3 cm³/mol. The molecule has 0 N–H and O–H groups in total. The lowest BCUT2D eigenvalue weighted by Gasteiger charge is -2.31. The van der Waals surface area contributed by atoms with Gasteiger partial charge in [0.25, 0.3) is 0 Å². The predicted octanol–water partition coefficient (Wildman–Crippen LogP) is 6.19. The molecule has 0 unspecified atom stereocenters. The number of hydrogen-bond donors (Lipinski definition) is 0. The van der Waals surface area contributed by atoms with Gasteiger partial charge in [-0.25, -0.2) is 0 Å². The summed E-state index contributed by atoms with van der Waals surface area (Å²) in [5.41, 5.74) is 0. The molecular weight excluding hydrogens is 300 g/mol. The van der Waals surface area contributed by atoms with Gasteiger partial charge in [0.1, 0.15) is 11.5 Å². The molecular formula is C20H28O2Si. The largest absolute Gasteiger partial charge is 0.512 e. The highest BCUT2D eigenvalue weighted by atomic mass is 28.4. The maximum absolute atomic E-state index is 6.45. The first-order chi connectivity index (χ1) is 11.3. The summed E-state index contributed by atoms with van der Waals surface area (Å²) in [6.45, 7) is 4.43. The summed E-state index contributed by atoms with van der Waals surface area (Å²) in [4.78, 5) is 0. The first kappa shape index (κ1) is 17.6. The molecule has 23 heavy (non-hydrogen) atoms. The van der Waals surface area contributed by atoms with Gasteiger partial charge in [-0.2, -0.15) is 0 Å². The summed E-state index contributed by atoms with van der Waals surface area (Å²) in [6.07, 6.45) is 4.96. The van der Waals surface area contributed by atoms with Crippen molar-refractivity contribution in [1.82, 2.24) is 0 Å². The van der Waals surface area contributed by atoms with Gasteiger partial charge >= 0.3 is 8.56 Å². The van der Waals surface area contributed by atoms with Crippen LogP contribution in [0.1, 0.15) is 39.5 Å². The SMILES string of the molecule is CCCCCC[Si](CC)(Oc1ccccc1)Oc1ccccc1. The van der Waals surface area contributed by atoms with Crippen LogP contribution in [0.5, 0.6) is 11.5 Å². The van der Waals surface area contributed by atoms with Gasteiger partial charge in [-0.15, -0.1) is 0 Å². The van der Waals surface area contributed by atoms with Crippen LogP contribution in [0.4, 0.5) is 0 Å². The summed E-state index contributed by atoms with van der Waals surface area (Å²) in [5, 5.41) is 0. The van der Waals surface area contributed by atoms with Crippen molar-refractivity contribution >= 4 is 8.56 Å². The second kappa shape index (κ2) is 9.41. The molecule has 2 rings (SSSR count). The molecule has 3 heteroatoms. The van der Waals surface area contributed by atoms with Crippen LogP contribution < -0.4 is 8.85 Å². The number of para-hydroxylation sites is 2. The van der Waals surface area contributed by atoms with E-state index in [0.717, 1.165) is 23.6 Å². The third kappa shape index (κ3) is 5.75. The molecule has 0 atom stereocenters. The van der Waals surface area contributed by atoms with Gasteiger partial charge in [0.15, 0.2) is 0 Å². The van der Waals surface area contributed by atoms with Crippen LogP contribution in [0.25, 0.3) is 0 Å². The van der Waals surface area contributed by atoms with E-state index in [1.54, 1.807) is 0 Å². The topological polar surface area (TPSA) is 18.5 Å². The van der Waals surface area contributed by atoms with E-state index >= 15 is 0 Å². The molecule has 0 fully saturated rings. The summed E-state index contributed by atoms with van der Waals surface area (Å²) >= 11 is 0. The molecule has 0 bridgehead atoms. The van der Waals surface area contributed by atoms with Crippen LogP contribution in [0.15, 0.2) is 60.7 Å². The molecule has 0 aliphatic carbocycles. The van der Waals surface area contributed by atoms with Gasteiger partial charge in [-0.3, -0.25) is 0 Å². The molecule has 124 valence electrons. The zero-order chi connectivity index (χ0) is 16.4. The van der Waals surface area contributed by atoms with Crippen molar-refractivity contribution in [2.24, 2.45) is 0 Å². The Morgan fingerprint density at radius 1 is 0.696 bits per heavy atom. The molecule has 0 radical (unpaired) electrons. The Labute approximate surface area is 141 Å². The zero-order valence-electron chi connectivity index (χ0n) is 14.3. The molecule has 2 aromatic carbocycles. The minimum atomic E-state index is -2.30. The standard InChI is InChI=1S/C20H28O2Si/c1-3-5-6-13-18-23(4-2,21-19-14-9-7-10-15-19)22-20-16-11-8-12-17-20/h7-12,14-17H,3-6,13,18H2,1-2H3. The van der Waals surface area contributed by atoms with Crippen molar-refractivity contribution in [1.29, 1.82) is 0 Å². The van der Waals surface area contributed by atoms with Gasteiger partial charge in [0, 0.05) is 12.1 Å². The second-order valence-electron chi connectivity index (χ2n) is 5.91. The first-order valence-corrected chi connectivity index (χ1v) is 11.0. The Morgan fingerprint density at radius 2 is 1.22 bits per heavy atom. The Bertz CT molecular complexity index is 501. The molecule has 2 nitrogen and oxygen atoms in total. The molecule has 2 aromatic rings. The fraction of sp³-hybridized carbons (Fsp3) is 0.400. The third-order valence-corrected chi connectivity index (χ3v) is 7.45. The Kier molecular flexibility index (Phi) is 7.20. The fourth-order valence-corrected chi connectivity index (χ4v) is 5.48. The van der Waals surface area contributed by atoms with E-state index in [2.05, 4.69) is 13.8 Å². The molecule has 0 aliphatic rings. The van der Waals surface area contributed by atoms with Gasteiger partial charge in [-0.1, -0.05) is 69.5 Å². The number of rotatable bonds is 10. The van der Waals surface area contributed by atoms with Gasteiger partial charge in [0.2, 0.25) is 0 Å². The first-order valence-electron chi connectivity index (χ1n) is 8.76. The van der Waals surface area contributed by atoms with Crippen LogP contribution >= 0.6 is 0 Å². The minimum absolute atomic E-state index is 0.924. The van der Waals surface area contributed by atoms with Crippen molar-refractivity contribution in [2.75, 3.05) is 0 Å². The minimum Gasteiger partial charge on any atom is -0.512 e. The highest BCUT2D eigenvalue weighted by Gasteiger charge is 2.39. The van der Waals surface area contributed by atoms with E-state index in [4.69, 9.17) is 8.85 Å². The lowest BCUT2D eigenvalue weighted by atomic mass is 10.2. The van der Waals surface area contributed by atoms with E-state index in [1.807, 2.05) is 60.7 Å². The highest BCUT2D eigenvalue weighted by Crippen LogP contribution is 2.27. The van der Waals surface area contributed by atoms with Crippen molar-refractivity contribution < 1.29 is 8.85 Å². The van der Waals surface area contributed by atoms with E-state index < -0.39 is 8.56 Å². The monoisotopic (exact) mass is 328 g/mol.